The molecule has 1 heterocycles. The molecule has 0 amide bonds. The van der Waals surface area contributed by atoms with Gasteiger partial charge in [0.15, 0.2) is 11.6 Å². The summed E-state index contributed by atoms with van der Waals surface area (Å²) in [6, 6.07) is 0.582. The minimum Gasteiger partial charge on any atom is -0.505 e. The van der Waals surface area contributed by atoms with Crippen molar-refractivity contribution in [2.24, 2.45) is 0 Å². The maximum absolute atomic E-state index is 12.6. The van der Waals surface area contributed by atoms with Gasteiger partial charge in [-0.05, 0) is 15.9 Å². The fourth-order valence-electron chi connectivity index (χ4n) is 0.623. The van der Waals surface area contributed by atoms with E-state index < -0.39 is 23.7 Å². The maximum atomic E-state index is 12.6. The highest BCUT2D eigenvalue weighted by molar-refractivity contribution is 9.10. The third-order valence-electron chi connectivity index (χ3n) is 1.14. The molecule has 0 saturated carbocycles. The van der Waals surface area contributed by atoms with E-state index in [0.717, 1.165) is 0 Å². The van der Waals surface area contributed by atoms with Gasteiger partial charge in [0.05, 0.1) is 0 Å². The van der Waals surface area contributed by atoms with Crippen LogP contribution in [-0.2, 0) is 0 Å². The van der Waals surface area contributed by atoms with Crippen LogP contribution in [0.5, 0.6) is 5.75 Å². The first-order chi connectivity index (χ1) is 5.52. The van der Waals surface area contributed by atoms with Gasteiger partial charge >= 0.3 is 0 Å². The van der Waals surface area contributed by atoms with Crippen LogP contribution in [0, 0.1) is 5.82 Å². The van der Waals surface area contributed by atoms with Gasteiger partial charge in [-0.25, -0.2) is 18.2 Å². The minimum absolute atomic E-state index is 0.195. The fraction of sp³-hybridized carbons (Fsp3) is 0.167. The molecule has 0 bridgehead atoms. The number of halogens is 4. The Bertz CT molecular complexity index is 305. The summed E-state index contributed by atoms with van der Waals surface area (Å²) in [5.74, 6) is -1.72. The number of hydrogen-bond acceptors (Lipinski definition) is 2. The summed E-state index contributed by atoms with van der Waals surface area (Å²) in [4.78, 5) is 3.11. The van der Waals surface area contributed by atoms with Crippen molar-refractivity contribution < 1.29 is 18.3 Å². The topological polar surface area (TPSA) is 33.1 Å². The lowest BCUT2D eigenvalue weighted by Crippen LogP contribution is -1.95. The van der Waals surface area contributed by atoms with Gasteiger partial charge in [-0.2, -0.15) is 0 Å². The summed E-state index contributed by atoms with van der Waals surface area (Å²) in [5, 5.41) is 8.81. The Balaban J connectivity index is 3.23. The molecule has 12 heavy (non-hydrogen) atoms. The number of hydrogen-bond donors (Lipinski definition) is 1. The van der Waals surface area contributed by atoms with Crippen molar-refractivity contribution in [3.63, 3.8) is 0 Å². The van der Waals surface area contributed by atoms with E-state index in [-0.39, 0.29) is 4.60 Å². The summed E-state index contributed by atoms with van der Waals surface area (Å²) in [6.07, 6.45) is -2.98. The van der Waals surface area contributed by atoms with E-state index in [1.54, 1.807) is 0 Å². The largest absolute Gasteiger partial charge is 0.505 e. The third kappa shape index (κ3) is 1.69. The molecule has 0 spiro atoms. The molecule has 0 aliphatic heterocycles. The molecule has 0 aliphatic rings. The number of aromatic hydroxyl groups is 1. The highest BCUT2D eigenvalue weighted by Gasteiger charge is 2.17. The van der Waals surface area contributed by atoms with Crippen LogP contribution in [0.1, 0.15) is 12.1 Å². The molecule has 0 aromatic carbocycles. The van der Waals surface area contributed by atoms with Crippen LogP contribution in [0.3, 0.4) is 0 Å². The highest BCUT2D eigenvalue weighted by Crippen LogP contribution is 2.28. The highest BCUT2D eigenvalue weighted by atomic mass is 79.9. The summed E-state index contributed by atoms with van der Waals surface area (Å²) in [7, 11) is 0. The van der Waals surface area contributed by atoms with Crippen LogP contribution in [-0.4, -0.2) is 10.1 Å². The smallest absolute Gasteiger partial charge is 0.283 e. The predicted octanol–water partition coefficient (Wildman–Crippen LogP) is 2.63. The van der Waals surface area contributed by atoms with Gasteiger partial charge < -0.3 is 5.11 Å². The van der Waals surface area contributed by atoms with E-state index in [1.807, 2.05) is 0 Å². The van der Waals surface area contributed by atoms with E-state index in [1.165, 1.54) is 0 Å². The minimum atomic E-state index is -2.98. The predicted molar refractivity (Wildman–Crippen MR) is 38.5 cm³/mol. The van der Waals surface area contributed by atoms with Crippen molar-refractivity contribution in [2.45, 2.75) is 6.43 Å². The molecule has 0 atom stereocenters. The van der Waals surface area contributed by atoms with Gasteiger partial charge in [-0.3, -0.25) is 0 Å². The molecule has 0 radical (unpaired) electrons. The molecular formula is C6H3BrF3NO. The second-order valence-electron chi connectivity index (χ2n) is 1.97. The summed E-state index contributed by atoms with van der Waals surface area (Å²) < 4.78 is 36.2. The average molecular weight is 242 g/mol. The van der Waals surface area contributed by atoms with E-state index in [0.29, 0.717) is 6.07 Å². The second kappa shape index (κ2) is 3.30. The Morgan fingerprint density at radius 2 is 2.08 bits per heavy atom. The van der Waals surface area contributed by atoms with E-state index in [4.69, 9.17) is 5.11 Å². The molecule has 1 aromatic heterocycles. The Labute approximate surface area is 74.2 Å². The zero-order valence-electron chi connectivity index (χ0n) is 5.56. The number of alkyl halides is 2. The van der Waals surface area contributed by atoms with Gasteiger partial charge in [0, 0.05) is 6.07 Å². The first-order valence-corrected chi connectivity index (χ1v) is 3.64. The van der Waals surface area contributed by atoms with Crippen LogP contribution in [0.4, 0.5) is 13.2 Å². The Kier molecular flexibility index (Phi) is 2.56. The quantitative estimate of drug-likeness (QED) is 0.768. The molecule has 0 saturated heterocycles. The van der Waals surface area contributed by atoms with Crippen molar-refractivity contribution in [2.75, 3.05) is 0 Å². The lowest BCUT2D eigenvalue weighted by molar-refractivity contribution is 0.140. The van der Waals surface area contributed by atoms with Crippen LogP contribution < -0.4 is 0 Å². The first-order valence-electron chi connectivity index (χ1n) is 2.85. The van der Waals surface area contributed by atoms with Gasteiger partial charge in [0.1, 0.15) is 10.3 Å². The molecule has 1 rings (SSSR count). The molecule has 1 aromatic rings. The van der Waals surface area contributed by atoms with E-state index >= 15 is 0 Å². The lowest BCUT2D eigenvalue weighted by Gasteiger charge is -2.02. The monoisotopic (exact) mass is 241 g/mol. The van der Waals surface area contributed by atoms with Gasteiger partial charge in [0.2, 0.25) is 0 Å². The molecule has 0 fully saturated rings. The molecule has 1 N–H and O–H groups in total. The van der Waals surface area contributed by atoms with Crippen LogP contribution >= 0.6 is 15.9 Å². The number of aromatic nitrogens is 1. The van der Waals surface area contributed by atoms with Crippen molar-refractivity contribution in [1.82, 2.24) is 4.98 Å². The number of rotatable bonds is 1. The normalized spacial score (nSPS) is 10.8. The van der Waals surface area contributed by atoms with Crippen LogP contribution in [0.15, 0.2) is 10.7 Å². The van der Waals surface area contributed by atoms with Crippen LogP contribution in [0.2, 0.25) is 0 Å². The Morgan fingerprint density at radius 1 is 1.50 bits per heavy atom. The second-order valence-corrected chi connectivity index (χ2v) is 2.72. The van der Waals surface area contributed by atoms with Crippen LogP contribution in [0.25, 0.3) is 0 Å². The van der Waals surface area contributed by atoms with Crippen molar-refractivity contribution in [3.8, 4) is 5.75 Å². The summed E-state index contributed by atoms with van der Waals surface area (Å²) in [5.41, 5.74) is -0.973. The first kappa shape index (κ1) is 9.31. The molecule has 0 unspecified atom stereocenters. The molecule has 66 valence electrons. The van der Waals surface area contributed by atoms with Crippen molar-refractivity contribution in [3.05, 3.63) is 22.2 Å². The van der Waals surface area contributed by atoms with E-state index in [9.17, 15) is 13.2 Å². The van der Waals surface area contributed by atoms with Crippen molar-refractivity contribution >= 4 is 15.9 Å². The Morgan fingerprint density at radius 3 is 2.58 bits per heavy atom. The zero-order valence-corrected chi connectivity index (χ0v) is 7.15. The molecule has 6 heteroatoms. The zero-order chi connectivity index (χ0) is 9.30. The van der Waals surface area contributed by atoms with Gasteiger partial charge in [-0.15, -0.1) is 0 Å². The number of nitrogens with zero attached hydrogens (tertiary/aromatic N) is 1. The average Bonchev–Trinajstić information content (AvgIpc) is 1.96. The SMILES string of the molecule is Oc1cc(F)c(C(F)F)nc1Br. The molecule has 2 nitrogen and oxygen atoms in total. The fourth-order valence-corrected chi connectivity index (χ4v) is 0.928. The number of pyridine rings is 1. The lowest BCUT2D eigenvalue weighted by atomic mass is 10.3. The van der Waals surface area contributed by atoms with E-state index in [2.05, 4.69) is 20.9 Å². The molecule has 0 aliphatic carbocycles. The summed E-state index contributed by atoms with van der Waals surface area (Å²) in [6.45, 7) is 0. The Hall–Kier alpha value is -0.780. The van der Waals surface area contributed by atoms with Crippen molar-refractivity contribution in [1.29, 1.82) is 0 Å². The van der Waals surface area contributed by atoms with Gasteiger partial charge in [0.25, 0.3) is 6.43 Å². The standard InChI is InChI=1S/C6H3BrF3NO/c7-5-3(12)1-2(8)4(11-5)6(9)10/h1,6,12H. The van der Waals surface area contributed by atoms with Gasteiger partial charge in [-0.1, -0.05) is 0 Å². The summed E-state index contributed by atoms with van der Waals surface area (Å²) >= 11 is 2.69. The maximum Gasteiger partial charge on any atom is 0.283 e. The third-order valence-corrected chi connectivity index (χ3v) is 1.73. The molecular weight excluding hydrogens is 239 g/mol.